The highest BCUT2D eigenvalue weighted by atomic mass is 32.2. The number of nitrogens with zero attached hydrogens (tertiary/aromatic N) is 2. The maximum atomic E-state index is 13.0. The summed E-state index contributed by atoms with van der Waals surface area (Å²) in [6.07, 6.45) is 1.22. The lowest BCUT2D eigenvalue weighted by Gasteiger charge is -2.35. The zero-order chi connectivity index (χ0) is 21.6. The number of amides is 1. The molecule has 158 valence electrons. The average molecular weight is 432 g/mol. The molecule has 1 atom stereocenters. The largest absolute Gasteiger partial charge is 0.369 e. The summed E-state index contributed by atoms with van der Waals surface area (Å²) < 4.78 is 15.0. The van der Waals surface area contributed by atoms with Crippen LogP contribution < -0.4 is 10.2 Å². The molecule has 0 aliphatic carbocycles. The van der Waals surface area contributed by atoms with Gasteiger partial charge in [0, 0.05) is 37.6 Å². The molecule has 1 fully saturated rings. The van der Waals surface area contributed by atoms with Crippen molar-refractivity contribution in [2.75, 3.05) is 36.4 Å². The summed E-state index contributed by atoms with van der Waals surface area (Å²) in [4.78, 5) is 14.5. The van der Waals surface area contributed by atoms with Crippen molar-refractivity contribution in [2.24, 2.45) is 0 Å². The molecule has 0 aromatic heterocycles. The third-order valence-corrected chi connectivity index (χ3v) is 6.81. The number of nitrogens with one attached hydrogen (secondary N) is 1. The van der Waals surface area contributed by atoms with Gasteiger partial charge in [0.05, 0.1) is 4.90 Å². The van der Waals surface area contributed by atoms with E-state index in [2.05, 4.69) is 65.3 Å². The zero-order valence-electron chi connectivity index (χ0n) is 17.2. The van der Waals surface area contributed by atoms with Crippen LogP contribution in [0, 0.1) is 0 Å². The van der Waals surface area contributed by atoms with E-state index in [-0.39, 0.29) is 5.91 Å². The Morgan fingerprint density at radius 2 is 1.55 bits per heavy atom. The summed E-state index contributed by atoms with van der Waals surface area (Å²) in [6, 6.07) is 26.1. The molecule has 0 spiro atoms. The monoisotopic (exact) mass is 431 g/mol. The van der Waals surface area contributed by atoms with Gasteiger partial charge in [-0.3, -0.25) is 4.79 Å². The number of hydrogen-bond acceptors (Lipinski definition) is 3. The molecular formula is C25H25N3O2S. The van der Waals surface area contributed by atoms with Crippen LogP contribution in [0.25, 0.3) is 11.1 Å². The SMILES string of the molecule is C=CC(=O)Nc1ccc(S(=O)N2CCN(c3cccc(-c4ccccc4)c3)CC2)cc1. The first-order chi connectivity index (χ1) is 15.1. The Kier molecular flexibility index (Phi) is 6.60. The Balaban J connectivity index is 1.38. The summed E-state index contributed by atoms with van der Waals surface area (Å²) in [5.74, 6) is -0.263. The molecule has 1 unspecified atom stereocenters. The van der Waals surface area contributed by atoms with E-state index >= 15 is 0 Å². The van der Waals surface area contributed by atoms with Gasteiger partial charge in [-0.25, -0.2) is 8.51 Å². The van der Waals surface area contributed by atoms with E-state index in [0.717, 1.165) is 31.1 Å². The van der Waals surface area contributed by atoms with Gasteiger partial charge in [0.1, 0.15) is 11.0 Å². The molecule has 3 aromatic carbocycles. The van der Waals surface area contributed by atoms with Crippen molar-refractivity contribution in [3.63, 3.8) is 0 Å². The smallest absolute Gasteiger partial charge is 0.247 e. The van der Waals surface area contributed by atoms with E-state index in [1.807, 2.05) is 10.4 Å². The van der Waals surface area contributed by atoms with Crippen LogP contribution in [0.1, 0.15) is 0 Å². The van der Waals surface area contributed by atoms with Crippen LogP contribution in [0.4, 0.5) is 11.4 Å². The van der Waals surface area contributed by atoms with Gasteiger partial charge in [0.15, 0.2) is 0 Å². The van der Waals surface area contributed by atoms with Crippen LogP contribution in [0.2, 0.25) is 0 Å². The molecular weight excluding hydrogens is 406 g/mol. The zero-order valence-corrected chi connectivity index (χ0v) is 18.1. The first-order valence-corrected chi connectivity index (χ1v) is 11.4. The number of hydrogen-bond donors (Lipinski definition) is 1. The number of piperazine rings is 1. The number of benzene rings is 3. The summed E-state index contributed by atoms with van der Waals surface area (Å²) in [5, 5.41) is 2.70. The second kappa shape index (κ2) is 9.73. The first-order valence-electron chi connectivity index (χ1n) is 10.2. The van der Waals surface area contributed by atoms with E-state index in [1.54, 1.807) is 24.3 Å². The molecule has 1 saturated heterocycles. The van der Waals surface area contributed by atoms with E-state index < -0.39 is 11.0 Å². The Morgan fingerprint density at radius 3 is 2.23 bits per heavy atom. The van der Waals surface area contributed by atoms with Crippen LogP contribution in [0.3, 0.4) is 0 Å². The third-order valence-electron chi connectivity index (χ3n) is 5.30. The molecule has 1 heterocycles. The van der Waals surface area contributed by atoms with Crippen molar-refractivity contribution >= 4 is 28.3 Å². The lowest BCUT2D eigenvalue weighted by atomic mass is 10.0. The van der Waals surface area contributed by atoms with E-state index in [9.17, 15) is 9.00 Å². The fraction of sp³-hybridized carbons (Fsp3) is 0.160. The minimum atomic E-state index is -1.22. The molecule has 0 saturated carbocycles. The maximum Gasteiger partial charge on any atom is 0.247 e. The van der Waals surface area contributed by atoms with Crippen molar-refractivity contribution in [1.82, 2.24) is 4.31 Å². The van der Waals surface area contributed by atoms with Crippen LogP contribution in [-0.4, -0.2) is 40.6 Å². The second-order valence-corrected chi connectivity index (χ2v) is 8.79. The van der Waals surface area contributed by atoms with Crippen LogP contribution in [-0.2, 0) is 15.8 Å². The normalized spacial score (nSPS) is 15.3. The van der Waals surface area contributed by atoms with Gasteiger partial charge in [-0.05, 0) is 53.6 Å². The standard InChI is InChI=1S/C25H25N3O2S/c1-2-25(29)26-22-11-13-24(14-12-22)31(30)28-17-15-27(16-18-28)23-10-6-9-21(19-23)20-7-4-3-5-8-20/h2-14,19H,1,15-18H2,(H,26,29). The molecule has 0 bridgehead atoms. The molecule has 1 amide bonds. The van der Waals surface area contributed by atoms with Crippen molar-refractivity contribution in [3.05, 3.63) is 91.5 Å². The number of rotatable bonds is 6. The highest BCUT2D eigenvalue weighted by Gasteiger charge is 2.22. The molecule has 3 aromatic rings. The van der Waals surface area contributed by atoms with Gasteiger partial charge in [-0.2, -0.15) is 0 Å². The molecule has 1 N–H and O–H groups in total. The second-order valence-electron chi connectivity index (χ2n) is 7.30. The van der Waals surface area contributed by atoms with E-state index in [0.29, 0.717) is 5.69 Å². The predicted molar refractivity (Wildman–Crippen MR) is 127 cm³/mol. The summed E-state index contributed by atoms with van der Waals surface area (Å²) >= 11 is 0. The van der Waals surface area contributed by atoms with Crippen LogP contribution in [0.15, 0.2) is 96.4 Å². The summed E-state index contributed by atoms with van der Waals surface area (Å²) in [5.41, 5.74) is 4.26. The Bertz CT molecular complexity index is 1080. The van der Waals surface area contributed by atoms with Gasteiger partial charge in [0.25, 0.3) is 0 Å². The molecule has 1 aliphatic heterocycles. The van der Waals surface area contributed by atoms with Crippen molar-refractivity contribution < 1.29 is 9.00 Å². The van der Waals surface area contributed by atoms with Gasteiger partial charge in [0.2, 0.25) is 5.91 Å². The van der Waals surface area contributed by atoms with E-state index in [4.69, 9.17) is 0 Å². The number of carbonyl (C=O) groups excluding carboxylic acids is 1. The first kappa shape index (κ1) is 21.0. The third kappa shape index (κ3) is 5.10. The molecule has 31 heavy (non-hydrogen) atoms. The Morgan fingerprint density at radius 1 is 0.871 bits per heavy atom. The average Bonchev–Trinajstić information content (AvgIpc) is 2.85. The summed E-state index contributed by atoms with van der Waals surface area (Å²) in [7, 11) is -1.22. The lowest BCUT2D eigenvalue weighted by molar-refractivity contribution is -0.111. The topological polar surface area (TPSA) is 52.7 Å². The molecule has 0 radical (unpaired) electrons. The minimum absolute atomic E-state index is 0.263. The quantitative estimate of drug-likeness (QED) is 0.592. The predicted octanol–water partition coefficient (Wildman–Crippen LogP) is 4.32. The van der Waals surface area contributed by atoms with Crippen molar-refractivity contribution in [1.29, 1.82) is 0 Å². The van der Waals surface area contributed by atoms with Gasteiger partial charge < -0.3 is 10.2 Å². The highest BCUT2D eigenvalue weighted by molar-refractivity contribution is 7.82. The molecule has 6 heteroatoms. The fourth-order valence-corrected chi connectivity index (χ4v) is 4.78. The fourth-order valence-electron chi connectivity index (χ4n) is 3.62. The van der Waals surface area contributed by atoms with Gasteiger partial charge in [-0.15, -0.1) is 0 Å². The maximum absolute atomic E-state index is 13.0. The Hall–Kier alpha value is -3.22. The van der Waals surface area contributed by atoms with E-state index in [1.165, 1.54) is 22.9 Å². The highest BCUT2D eigenvalue weighted by Crippen LogP contribution is 2.26. The molecule has 1 aliphatic rings. The molecule has 4 rings (SSSR count). The van der Waals surface area contributed by atoms with Gasteiger partial charge >= 0.3 is 0 Å². The molecule has 5 nitrogen and oxygen atoms in total. The van der Waals surface area contributed by atoms with Gasteiger partial charge in [-0.1, -0.05) is 49.0 Å². The van der Waals surface area contributed by atoms with Crippen molar-refractivity contribution in [2.45, 2.75) is 4.90 Å². The Labute approximate surface area is 185 Å². The van der Waals surface area contributed by atoms with Crippen LogP contribution >= 0.6 is 0 Å². The number of anilines is 2. The minimum Gasteiger partial charge on any atom is -0.369 e. The number of carbonyl (C=O) groups is 1. The van der Waals surface area contributed by atoms with Crippen LogP contribution in [0.5, 0.6) is 0 Å². The van der Waals surface area contributed by atoms with Crippen molar-refractivity contribution in [3.8, 4) is 11.1 Å². The lowest BCUT2D eigenvalue weighted by Crippen LogP contribution is -2.46. The summed E-state index contributed by atoms with van der Waals surface area (Å²) in [6.45, 7) is 6.51.